The maximum atomic E-state index is 8.72. The van der Waals surface area contributed by atoms with E-state index in [-0.39, 0.29) is 11.5 Å². The van der Waals surface area contributed by atoms with Crippen molar-refractivity contribution in [2.75, 3.05) is 20.1 Å². The van der Waals surface area contributed by atoms with Crippen molar-refractivity contribution in [3.63, 3.8) is 0 Å². The molecule has 0 bridgehead atoms. The van der Waals surface area contributed by atoms with Gasteiger partial charge in [-0.05, 0) is 40.7 Å². The van der Waals surface area contributed by atoms with Crippen LogP contribution in [0.4, 0.5) is 0 Å². The summed E-state index contributed by atoms with van der Waals surface area (Å²) in [6, 6.07) is 2.25. The fourth-order valence-electron chi connectivity index (χ4n) is 2.14. The predicted octanol–water partition coefficient (Wildman–Crippen LogP) is 2.04. The fourth-order valence-corrected chi connectivity index (χ4v) is 2.14. The van der Waals surface area contributed by atoms with Gasteiger partial charge < -0.3 is 9.64 Å². The van der Waals surface area contributed by atoms with E-state index in [9.17, 15) is 0 Å². The smallest absolute Gasteiger partial charge is 0.0710 e. The van der Waals surface area contributed by atoms with Gasteiger partial charge in [-0.2, -0.15) is 5.26 Å². The zero-order chi connectivity index (χ0) is 11.5. The quantitative estimate of drug-likeness (QED) is 0.712. The monoisotopic (exact) mass is 210 g/mol. The third-order valence-corrected chi connectivity index (χ3v) is 2.88. The molecule has 1 heterocycles. The molecule has 1 saturated heterocycles. The van der Waals surface area contributed by atoms with Gasteiger partial charge in [0.25, 0.3) is 0 Å². The number of ether oxygens (including phenoxy) is 1. The molecule has 0 spiro atoms. The number of likely N-dealkylation sites (N-methyl/N-ethyl adjacent to an activating group) is 1. The summed E-state index contributed by atoms with van der Waals surface area (Å²) in [5.41, 5.74) is 0.0480. The lowest BCUT2D eigenvalue weighted by atomic mass is 10.1. The van der Waals surface area contributed by atoms with E-state index < -0.39 is 0 Å². The molecular formula is C12H22N2O. The number of hydrogen-bond donors (Lipinski definition) is 0. The summed E-state index contributed by atoms with van der Waals surface area (Å²) < 4.78 is 5.91. The maximum absolute atomic E-state index is 8.72. The van der Waals surface area contributed by atoms with E-state index in [4.69, 9.17) is 10.00 Å². The highest BCUT2D eigenvalue weighted by Gasteiger charge is 2.32. The molecular weight excluding hydrogens is 188 g/mol. The third kappa shape index (κ3) is 4.19. The number of nitriles is 1. The molecule has 0 N–H and O–H groups in total. The van der Waals surface area contributed by atoms with Gasteiger partial charge in [-0.1, -0.05) is 0 Å². The molecule has 15 heavy (non-hydrogen) atoms. The predicted molar refractivity (Wildman–Crippen MR) is 60.5 cm³/mol. The van der Waals surface area contributed by atoms with Crippen molar-refractivity contribution in [3.05, 3.63) is 0 Å². The number of hydrogen-bond acceptors (Lipinski definition) is 3. The molecule has 0 aromatic heterocycles. The van der Waals surface area contributed by atoms with E-state index in [0.29, 0.717) is 6.10 Å². The van der Waals surface area contributed by atoms with Gasteiger partial charge in [-0.15, -0.1) is 0 Å². The number of nitrogens with zero attached hydrogens (tertiary/aromatic N) is 2. The van der Waals surface area contributed by atoms with Crippen LogP contribution in [0.25, 0.3) is 0 Å². The normalized spacial score (nSPS) is 26.5. The minimum Gasteiger partial charge on any atom is -0.371 e. The minimum atomic E-state index is 0.0480. The standard InChI is InChI=1S/C12H22N2O/c1-10(7-13)8-14(4)9-11-5-6-12(2,3)15-11/h10-11H,5-6,8-9H2,1-4H3. The highest BCUT2D eigenvalue weighted by molar-refractivity contribution is 4.84. The van der Waals surface area contributed by atoms with Crippen LogP contribution >= 0.6 is 0 Å². The third-order valence-electron chi connectivity index (χ3n) is 2.88. The Morgan fingerprint density at radius 3 is 2.73 bits per heavy atom. The van der Waals surface area contributed by atoms with Crippen molar-refractivity contribution in [3.8, 4) is 6.07 Å². The van der Waals surface area contributed by atoms with E-state index in [0.717, 1.165) is 25.9 Å². The largest absolute Gasteiger partial charge is 0.371 e. The molecule has 2 atom stereocenters. The van der Waals surface area contributed by atoms with Crippen LogP contribution in [0.15, 0.2) is 0 Å². The minimum absolute atomic E-state index is 0.0480. The van der Waals surface area contributed by atoms with Gasteiger partial charge in [-0.25, -0.2) is 0 Å². The Balaban J connectivity index is 2.28. The van der Waals surface area contributed by atoms with E-state index in [1.54, 1.807) is 0 Å². The number of rotatable bonds is 4. The Kier molecular flexibility index (Phi) is 4.12. The molecule has 2 unspecified atom stereocenters. The Hall–Kier alpha value is -0.590. The highest BCUT2D eigenvalue weighted by atomic mass is 16.5. The highest BCUT2D eigenvalue weighted by Crippen LogP contribution is 2.29. The lowest BCUT2D eigenvalue weighted by molar-refractivity contribution is -0.0265. The van der Waals surface area contributed by atoms with Crippen molar-refractivity contribution in [1.82, 2.24) is 4.90 Å². The Bertz CT molecular complexity index is 244. The maximum Gasteiger partial charge on any atom is 0.0710 e. The van der Waals surface area contributed by atoms with Gasteiger partial charge in [0, 0.05) is 13.1 Å². The van der Waals surface area contributed by atoms with E-state index in [1.165, 1.54) is 0 Å². The van der Waals surface area contributed by atoms with Gasteiger partial charge in [-0.3, -0.25) is 0 Å². The van der Waals surface area contributed by atoms with Crippen LogP contribution in [0.1, 0.15) is 33.6 Å². The van der Waals surface area contributed by atoms with Crippen LogP contribution < -0.4 is 0 Å². The molecule has 0 aliphatic carbocycles. The van der Waals surface area contributed by atoms with Crippen LogP contribution in [-0.4, -0.2) is 36.7 Å². The first kappa shape index (κ1) is 12.5. The summed E-state index contributed by atoms with van der Waals surface area (Å²) in [6.45, 7) is 8.01. The van der Waals surface area contributed by atoms with Crippen molar-refractivity contribution in [1.29, 1.82) is 5.26 Å². The van der Waals surface area contributed by atoms with Gasteiger partial charge in [0.15, 0.2) is 0 Å². The summed E-state index contributed by atoms with van der Waals surface area (Å²) in [5.74, 6) is 0.101. The van der Waals surface area contributed by atoms with Gasteiger partial charge in [0.2, 0.25) is 0 Å². The summed E-state index contributed by atoms with van der Waals surface area (Å²) in [4.78, 5) is 2.19. The Morgan fingerprint density at radius 1 is 1.60 bits per heavy atom. The summed E-state index contributed by atoms with van der Waals surface area (Å²) >= 11 is 0. The zero-order valence-corrected chi connectivity index (χ0v) is 10.3. The first-order valence-electron chi connectivity index (χ1n) is 5.69. The van der Waals surface area contributed by atoms with Crippen LogP contribution in [0.2, 0.25) is 0 Å². The first-order chi connectivity index (χ1) is 6.93. The fraction of sp³-hybridized carbons (Fsp3) is 0.917. The average molecular weight is 210 g/mol. The van der Waals surface area contributed by atoms with Gasteiger partial charge >= 0.3 is 0 Å². The van der Waals surface area contributed by atoms with Crippen molar-refractivity contribution in [2.24, 2.45) is 5.92 Å². The molecule has 3 heteroatoms. The average Bonchev–Trinajstić information content (AvgIpc) is 2.44. The molecule has 1 aliphatic rings. The summed E-state index contributed by atoms with van der Waals surface area (Å²) in [6.07, 6.45) is 2.62. The van der Waals surface area contributed by atoms with Crippen molar-refractivity contribution >= 4 is 0 Å². The molecule has 0 aromatic rings. The van der Waals surface area contributed by atoms with Gasteiger partial charge in [0.05, 0.1) is 23.7 Å². The van der Waals surface area contributed by atoms with E-state index in [1.807, 2.05) is 6.92 Å². The van der Waals surface area contributed by atoms with Gasteiger partial charge in [0.1, 0.15) is 0 Å². The second-order valence-electron chi connectivity index (χ2n) is 5.29. The summed E-state index contributed by atoms with van der Waals surface area (Å²) in [7, 11) is 2.06. The Labute approximate surface area is 93.0 Å². The molecule has 0 saturated carbocycles. The van der Waals surface area contributed by atoms with Crippen molar-refractivity contribution < 1.29 is 4.74 Å². The molecule has 0 amide bonds. The molecule has 0 aromatic carbocycles. The van der Waals surface area contributed by atoms with Crippen LogP contribution in [0.5, 0.6) is 0 Å². The molecule has 1 aliphatic heterocycles. The lowest BCUT2D eigenvalue weighted by Crippen LogP contribution is -2.33. The molecule has 86 valence electrons. The van der Waals surface area contributed by atoms with Crippen molar-refractivity contribution in [2.45, 2.75) is 45.3 Å². The second kappa shape index (κ2) is 4.96. The van der Waals surface area contributed by atoms with Crippen LogP contribution in [0.3, 0.4) is 0 Å². The molecule has 1 fully saturated rings. The van der Waals surface area contributed by atoms with Crippen LogP contribution in [-0.2, 0) is 4.74 Å². The zero-order valence-electron chi connectivity index (χ0n) is 10.3. The molecule has 3 nitrogen and oxygen atoms in total. The molecule has 1 rings (SSSR count). The molecule has 0 radical (unpaired) electrons. The van der Waals surface area contributed by atoms with E-state index in [2.05, 4.69) is 31.9 Å². The lowest BCUT2D eigenvalue weighted by Gasteiger charge is -2.24. The SMILES string of the molecule is CC(C#N)CN(C)CC1CCC(C)(C)O1. The second-order valence-corrected chi connectivity index (χ2v) is 5.29. The Morgan fingerprint density at radius 2 is 2.27 bits per heavy atom. The topological polar surface area (TPSA) is 36.3 Å². The summed E-state index contributed by atoms with van der Waals surface area (Å²) in [5, 5.41) is 8.72. The van der Waals surface area contributed by atoms with E-state index >= 15 is 0 Å². The van der Waals surface area contributed by atoms with Crippen LogP contribution in [0, 0.1) is 17.2 Å². The first-order valence-corrected chi connectivity index (χ1v) is 5.69.